The first-order valence-corrected chi connectivity index (χ1v) is 17.4. The first kappa shape index (κ1) is 32.9. The van der Waals surface area contributed by atoms with Crippen molar-refractivity contribution in [1.82, 2.24) is 9.80 Å². The fourth-order valence-corrected chi connectivity index (χ4v) is 9.00. The molecule has 2 aliphatic heterocycles. The maximum atomic E-state index is 14.8. The van der Waals surface area contributed by atoms with Crippen molar-refractivity contribution in [3.8, 4) is 0 Å². The molecule has 7 nitrogen and oxygen atoms in total. The molecule has 2 amide bonds. The summed E-state index contributed by atoms with van der Waals surface area (Å²) >= 11 is 0. The fourth-order valence-electron chi connectivity index (χ4n) is 9.00. The molecule has 2 heterocycles. The number of rotatable bonds is 7. The molecule has 6 rings (SSSR count). The molecule has 1 saturated heterocycles. The summed E-state index contributed by atoms with van der Waals surface area (Å²) in [6.45, 7) is 8.93. The molecule has 2 aromatic carbocycles. The zero-order valence-electron chi connectivity index (χ0n) is 28.1. The number of carboxylic acid groups (broad SMARTS) is 1. The van der Waals surface area contributed by atoms with Crippen LogP contribution in [-0.4, -0.2) is 64.7 Å². The summed E-state index contributed by atoms with van der Waals surface area (Å²) in [5.41, 5.74) is 3.61. The summed E-state index contributed by atoms with van der Waals surface area (Å²) in [6.07, 6.45) is 11.1. The van der Waals surface area contributed by atoms with Crippen molar-refractivity contribution in [2.24, 2.45) is 16.7 Å². The summed E-state index contributed by atoms with van der Waals surface area (Å²) < 4.78 is 0. The highest BCUT2D eigenvalue weighted by molar-refractivity contribution is 5.90. The quantitative estimate of drug-likeness (QED) is 0.328. The lowest BCUT2D eigenvalue weighted by Gasteiger charge is -2.52. The number of carbonyl (C=O) groups is 4. The molecule has 1 saturated carbocycles. The Labute approximate surface area is 278 Å². The van der Waals surface area contributed by atoms with Gasteiger partial charge in [0.15, 0.2) is 0 Å². The van der Waals surface area contributed by atoms with Gasteiger partial charge in [0.1, 0.15) is 5.78 Å². The van der Waals surface area contributed by atoms with Gasteiger partial charge in [-0.2, -0.15) is 0 Å². The van der Waals surface area contributed by atoms with Crippen molar-refractivity contribution in [3.63, 3.8) is 0 Å². The van der Waals surface area contributed by atoms with Crippen LogP contribution in [0, 0.1) is 16.7 Å². The third-order valence-electron chi connectivity index (χ3n) is 11.6. The average molecular weight is 637 g/mol. The zero-order valence-corrected chi connectivity index (χ0v) is 28.1. The molecule has 0 spiro atoms. The first-order chi connectivity index (χ1) is 22.4. The Balaban J connectivity index is 1.19. The van der Waals surface area contributed by atoms with Gasteiger partial charge in [-0.1, -0.05) is 87.4 Å². The number of nitrogens with zero attached hydrogens (tertiary/aromatic N) is 2. The number of hydrogen-bond donors (Lipinski definition) is 1. The molecule has 47 heavy (non-hydrogen) atoms. The van der Waals surface area contributed by atoms with Gasteiger partial charge in [-0.15, -0.1) is 0 Å². The number of Topliss-reactive ketones (excluding diaryl/α,β-unsaturated/α-hetero) is 1. The molecule has 1 unspecified atom stereocenters. The van der Waals surface area contributed by atoms with E-state index in [1.807, 2.05) is 40.1 Å². The number of amides is 2. The Bertz CT molecular complexity index is 1600. The Morgan fingerprint density at radius 3 is 2.26 bits per heavy atom. The summed E-state index contributed by atoms with van der Waals surface area (Å²) in [5, 5.41) is 9.36. The fraction of sp³-hybridized carbons (Fsp3) is 0.500. The van der Waals surface area contributed by atoms with Crippen molar-refractivity contribution in [3.05, 3.63) is 89.0 Å². The van der Waals surface area contributed by atoms with Crippen molar-refractivity contribution < 1.29 is 24.3 Å². The van der Waals surface area contributed by atoms with E-state index in [4.69, 9.17) is 0 Å². The van der Waals surface area contributed by atoms with Gasteiger partial charge in [-0.3, -0.25) is 14.4 Å². The van der Waals surface area contributed by atoms with E-state index in [0.717, 1.165) is 36.8 Å². The molecule has 2 aliphatic carbocycles. The largest absolute Gasteiger partial charge is 0.478 e. The minimum Gasteiger partial charge on any atom is -0.478 e. The zero-order chi connectivity index (χ0) is 33.4. The van der Waals surface area contributed by atoms with Crippen molar-refractivity contribution >= 4 is 29.1 Å². The van der Waals surface area contributed by atoms with Crippen LogP contribution < -0.4 is 0 Å². The Morgan fingerprint density at radius 2 is 1.60 bits per heavy atom. The second-order valence-electron chi connectivity index (χ2n) is 15.0. The van der Waals surface area contributed by atoms with E-state index < -0.39 is 11.4 Å². The number of aromatic carboxylic acids is 1. The average Bonchev–Trinajstić information content (AvgIpc) is 3.07. The summed E-state index contributed by atoms with van der Waals surface area (Å²) in [7, 11) is 0. The SMILES string of the molecule is CC1(C)C(c2ccc(C(=O)O)cc2)=CC[C@]2(C)CN(C(=O)C3(c4ccccc4)CCN(C(=O)CCC4CCCCC4=O)CC3)CC=C12. The number of benzene rings is 2. The van der Waals surface area contributed by atoms with Gasteiger partial charge >= 0.3 is 5.97 Å². The molecule has 2 aromatic rings. The number of hydrogen-bond acceptors (Lipinski definition) is 4. The molecular weight excluding hydrogens is 588 g/mol. The number of ketones is 1. The first-order valence-electron chi connectivity index (χ1n) is 17.4. The van der Waals surface area contributed by atoms with E-state index in [-0.39, 0.29) is 34.1 Å². The lowest BCUT2D eigenvalue weighted by Crippen LogP contribution is -2.57. The predicted molar refractivity (Wildman–Crippen MR) is 183 cm³/mol. The molecule has 1 N–H and O–H groups in total. The van der Waals surface area contributed by atoms with Gasteiger partial charge in [0.25, 0.3) is 0 Å². The summed E-state index contributed by atoms with van der Waals surface area (Å²) in [6, 6.07) is 17.2. The molecule has 0 bridgehead atoms. The number of allylic oxidation sites excluding steroid dienone is 2. The number of fused-ring (bicyclic) bond motifs is 1. The molecule has 7 heteroatoms. The molecule has 2 atom stereocenters. The van der Waals surface area contributed by atoms with E-state index >= 15 is 0 Å². The number of carbonyl (C=O) groups excluding carboxylic acids is 3. The highest BCUT2D eigenvalue weighted by atomic mass is 16.4. The van der Waals surface area contributed by atoms with Crippen LogP contribution in [0.5, 0.6) is 0 Å². The van der Waals surface area contributed by atoms with Crippen LogP contribution >= 0.6 is 0 Å². The van der Waals surface area contributed by atoms with Gasteiger partial charge in [0, 0.05) is 55.8 Å². The van der Waals surface area contributed by atoms with E-state index in [1.165, 1.54) is 11.1 Å². The highest BCUT2D eigenvalue weighted by Crippen LogP contribution is 2.55. The van der Waals surface area contributed by atoms with Gasteiger partial charge in [-0.25, -0.2) is 4.79 Å². The Hall–Kier alpha value is -4.00. The van der Waals surface area contributed by atoms with Crippen LogP contribution in [0.3, 0.4) is 0 Å². The molecule has 4 aliphatic rings. The number of likely N-dealkylation sites (tertiary alicyclic amines) is 1. The van der Waals surface area contributed by atoms with E-state index in [9.17, 15) is 24.3 Å². The van der Waals surface area contributed by atoms with Crippen molar-refractivity contribution in [2.75, 3.05) is 26.2 Å². The lowest BCUT2D eigenvalue weighted by atomic mass is 9.58. The normalized spacial score (nSPS) is 25.3. The number of piperidine rings is 1. The monoisotopic (exact) mass is 636 g/mol. The summed E-state index contributed by atoms with van der Waals surface area (Å²) in [4.78, 5) is 55.7. The van der Waals surface area contributed by atoms with Crippen LogP contribution in [0.4, 0.5) is 0 Å². The highest BCUT2D eigenvalue weighted by Gasteiger charge is 2.50. The van der Waals surface area contributed by atoms with Crippen LogP contribution in [0.15, 0.2) is 72.3 Å². The molecule has 248 valence electrons. The molecular formula is C40H48N2O5. The minimum absolute atomic E-state index is 0.0223. The van der Waals surface area contributed by atoms with Crippen LogP contribution in [0.2, 0.25) is 0 Å². The van der Waals surface area contributed by atoms with Crippen molar-refractivity contribution in [2.45, 2.75) is 84.0 Å². The number of carboxylic acids is 1. The van der Waals surface area contributed by atoms with Gasteiger partial charge in [-0.05, 0) is 67.4 Å². The smallest absolute Gasteiger partial charge is 0.335 e. The third kappa shape index (κ3) is 6.21. The molecule has 0 aromatic heterocycles. The molecule has 0 radical (unpaired) electrons. The second-order valence-corrected chi connectivity index (χ2v) is 15.0. The van der Waals surface area contributed by atoms with Gasteiger partial charge in [0.2, 0.25) is 11.8 Å². The Morgan fingerprint density at radius 1 is 0.894 bits per heavy atom. The maximum absolute atomic E-state index is 14.8. The third-order valence-corrected chi connectivity index (χ3v) is 11.6. The second kappa shape index (κ2) is 12.9. The lowest BCUT2D eigenvalue weighted by molar-refractivity contribution is -0.144. The van der Waals surface area contributed by atoms with E-state index in [2.05, 4.69) is 45.1 Å². The van der Waals surface area contributed by atoms with E-state index in [1.54, 1.807) is 12.1 Å². The van der Waals surface area contributed by atoms with Crippen LogP contribution in [0.25, 0.3) is 5.57 Å². The van der Waals surface area contributed by atoms with Crippen LogP contribution in [-0.2, 0) is 19.8 Å². The standard InChI is InChI=1S/C40H48N2O5/c1-38(2)32(28-13-15-30(16-14-28)36(45)46)19-21-39(3)27-42(24-20-34(38)39)37(47)40(31-10-5-4-6-11-31)22-25-41(26-23-40)35(44)18-17-29-9-7-8-12-33(29)43/h4-6,10-11,13-16,19-20,29H,7-9,12,17-18,21-27H2,1-3H3,(H,45,46)/t29?,39-/m1/s1. The molecule has 2 fully saturated rings. The predicted octanol–water partition coefficient (Wildman–Crippen LogP) is 7.07. The Kier molecular flexibility index (Phi) is 9.03. The van der Waals surface area contributed by atoms with Gasteiger partial charge < -0.3 is 14.9 Å². The van der Waals surface area contributed by atoms with E-state index in [0.29, 0.717) is 64.1 Å². The van der Waals surface area contributed by atoms with Crippen LogP contribution in [0.1, 0.15) is 100 Å². The minimum atomic E-state index is -0.932. The van der Waals surface area contributed by atoms with Crippen molar-refractivity contribution in [1.29, 1.82) is 0 Å². The topological polar surface area (TPSA) is 95.0 Å². The van der Waals surface area contributed by atoms with Gasteiger partial charge in [0.05, 0.1) is 11.0 Å². The maximum Gasteiger partial charge on any atom is 0.335 e. The summed E-state index contributed by atoms with van der Waals surface area (Å²) in [5.74, 6) is -0.365.